The maximum atomic E-state index is 12.8. The van der Waals surface area contributed by atoms with Crippen LogP contribution < -0.4 is 10.6 Å². The summed E-state index contributed by atoms with van der Waals surface area (Å²) < 4.78 is 12.8. The molecule has 0 atom stereocenters. The highest BCUT2D eigenvalue weighted by Crippen LogP contribution is 2.20. The lowest BCUT2D eigenvalue weighted by Gasteiger charge is -2.03. The summed E-state index contributed by atoms with van der Waals surface area (Å²) >= 11 is 1.36. The Morgan fingerprint density at radius 1 is 1.09 bits per heavy atom. The van der Waals surface area contributed by atoms with Crippen molar-refractivity contribution in [2.45, 2.75) is 6.54 Å². The number of aromatic nitrogens is 1. The highest BCUT2D eigenvalue weighted by Gasteiger charge is 2.10. The summed E-state index contributed by atoms with van der Waals surface area (Å²) in [5.74, 6) is -0.553. The lowest BCUT2D eigenvalue weighted by Crippen LogP contribution is -2.23. The van der Waals surface area contributed by atoms with Crippen LogP contribution in [-0.2, 0) is 6.54 Å². The van der Waals surface area contributed by atoms with Gasteiger partial charge in [0.05, 0.1) is 0 Å². The van der Waals surface area contributed by atoms with Crippen molar-refractivity contribution in [3.8, 4) is 0 Å². The van der Waals surface area contributed by atoms with Crippen molar-refractivity contribution in [3.63, 3.8) is 0 Å². The van der Waals surface area contributed by atoms with Crippen molar-refractivity contribution in [2.24, 2.45) is 0 Å². The van der Waals surface area contributed by atoms with Crippen molar-refractivity contribution in [2.75, 3.05) is 5.32 Å². The minimum Gasteiger partial charge on any atom is -0.347 e. The van der Waals surface area contributed by atoms with E-state index in [-0.39, 0.29) is 11.7 Å². The van der Waals surface area contributed by atoms with E-state index in [0.29, 0.717) is 17.4 Å². The van der Waals surface area contributed by atoms with Crippen molar-refractivity contribution >= 4 is 28.1 Å². The molecule has 0 saturated carbocycles. The molecule has 0 fully saturated rings. The second-order valence-electron chi connectivity index (χ2n) is 4.84. The van der Waals surface area contributed by atoms with Crippen LogP contribution in [0.1, 0.15) is 16.1 Å². The van der Waals surface area contributed by atoms with Gasteiger partial charge in [-0.2, -0.15) is 0 Å². The highest BCUT2D eigenvalue weighted by molar-refractivity contribution is 7.14. The van der Waals surface area contributed by atoms with Gasteiger partial charge in [-0.1, -0.05) is 30.3 Å². The van der Waals surface area contributed by atoms with Crippen molar-refractivity contribution in [1.82, 2.24) is 10.3 Å². The first-order valence-electron chi connectivity index (χ1n) is 7.01. The van der Waals surface area contributed by atoms with Gasteiger partial charge in [0, 0.05) is 17.6 Å². The van der Waals surface area contributed by atoms with Gasteiger partial charge in [0.15, 0.2) is 5.13 Å². The Morgan fingerprint density at radius 3 is 2.57 bits per heavy atom. The zero-order chi connectivity index (χ0) is 16.1. The number of nitrogens with one attached hydrogen (secondary N) is 2. The molecule has 23 heavy (non-hydrogen) atoms. The molecular formula is C17H14FN3OS. The molecule has 1 amide bonds. The number of carbonyl (C=O) groups excluding carboxylic acids is 1. The molecule has 0 aliphatic carbocycles. The Bertz CT molecular complexity index is 787. The summed E-state index contributed by atoms with van der Waals surface area (Å²) in [4.78, 5) is 16.3. The average molecular weight is 327 g/mol. The van der Waals surface area contributed by atoms with E-state index in [4.69, 9.17) is 0 Å². The lowest BCUT2D eigenvalue weighted by molar-refractivity contribution is 0.0946. The van der Waals surface area contributed by atoms with Crippen LogP contribution in [0.5, 0.6) is 0 Å². The number of carbonyl (C=O) groups is 1. The molecule has 3 aromatic rings. The minimum absolute atomic E-state index is 0.258. The van der Waals surface area contributed by atoms with Gasteiger partial charge < -0.3 is 10.6 Å². The maximum Gasteiger partial charge on any atom is 0.271 e. The Hall–Kier alpha value is -2.73. The van der Waals surface area contributed by atoms with Crippen LogP contribution in [0.4, 0.5) is 15.2 Å². The number of rotatable bonds is 5. The second kappa shape index (κ2) is 7.02. The van der Waals surface area contributed by atoms with Gasteiger partial charge in [-0.05, 0) is 29.8 Å². The molecule has 0 spiro atoms. The summed E-state index contributed by atoms with van der Waals surface area (Å²) in [5.41, 5.74) is 2.10. The van der Waals surface area contributed by atoms with Crippen LogP contribution in [0.2, 0.25) is 0 Å². The first kappa shape index (κ1) is 15.2. The largest absolute Gasteiger partial charge is 0.347 e. The Balaban J connectivity index is 1.59. The zero-order valence-corrected chi connectivity index (χ0v) is 12.9. The van der Waals surface area contributed by atoms with E-state index in [9.17, 15) is 9.18 Å². The first-order valence-corrected chi connectivity index (χ1v) is 7.89. The molecule has 1 heterocycles. The Morgan fingerprint density at radius 2 is 1.83 bits per heavy atom. The normalized spacial score (nSPS) is 10.3. The Labute approximate surface area is 137 Å². The first-order chi connectivity index (χ1) is 11.2. The van der Waals surface area contributed by atoms with Gasteiger partial charge in [-0.25, -0.2) is 9.37 Å². The van der Waals surface area contributed by atoms with Crippen LogP contribution in [0.3, 0.4) is 0 Å². The predicted molar refractivity (Wildman–Crippen MR) is 89.4 cm³/mol. The molecule has 0 aliphatic heterocycles. The maximum absolute atomic E-state index is 12.8. The quantitative estimate of drug-likeness (QED) is 0.746. The molecule has 3 rings (SSSR count). The summed E-state index contributed by atoms with van der Waals surface area (Å²) in [6, 6.07) is 15.6. The van der Waals surface area contributed by atoms with E-state index < -0.39 is 0 Å². The molecule has 0 bridgehead atoms. The number of benzene rings is 2. The number of thiazole rings is 1. The number of halogens is 1. The van der Waals surface area contributed by atoms with Crippen molar-refractivity contribution in [3.05, 3.63) is 77.1 Å². The SMILES string of the molecule is O=C(NCc1ccc(F)cc1)c1csc(Nc2ccccc2)n1. The van der Waals surface area contributed by atoms with Gasteiger partial charge in [0.2, 0.25) is 0 Å². The van der Waals surface area contributed by atoms with Gasteiger partial charge in [-0.15, -0.1) is 11.3 Å². The predicted octanol–water partition coefficient (Wildman–Crippen LogP) is 3.96. The second-order valence-corrected chi connectivity index (χ2v) is 5.70. The number of anilines is 2. The van der Waals surface area contributed by atoms with Gasteiger partial charge in [-0.3, -0.25) is 4.79 Å². The van der Waals surface area contributed by atoms with Gasteiger partial charge >= 0.3 is 0 Å². The Kier molecular flexibility index (Phi) is 4.63. The van der Waals surface area contributed by atoms with Crippen LogP contribution in [-0.4, -0.2) is 10.9 Å². The number of hydrogen-bond donors (Lipinski definition) is 2. The minimum atomic E-state index is -0.295. The fourth-order valence-corrected chi connectivity index (χ4v) is 2.67. The van der Waals surface area contributed by atoms with Crippen molar-refractivity contribution < 1.29 is 9.18 Å². The van der Waals surface area contributed by atoms with Crippen LogP contribution >= 0.6 is 11.3 Å². The van der Waals surface area contributed by atoms with E-state index in [2.05, 4.69) is 15.6 Å². The molecule has 0 unspecified atom stereocenters. The van der Waals surface area contributed by atoms with E-state index >= 15 is 0 Å². The fraction of sp³-hybridized carbons (Fsp3) is 0.0588. The van der Waals surface area contributed by atoms with Crippen LogP contribution in [0.25, 0.3) is 0 Å². The standard InChI is InChI=1S/C17H14FN3OS/c18-13-8-6-12(7-9-13)10-19-16(22)15-11-23-17(21-15)20-14-4-2-1-3-5-14/h1-9,11H,10H2,(H,19,22)(H,20,21). The number of hydrogen-bond acceptors (Lipinski definition) is 4. The van der Waals surface area contributed by atoms with Crippen molar-refractivity contribution in [1.29, 1.82) is 0 Å². The number of para-hydroxylation sites is 1. The highest BCUT2D eigenvalue weighted by atomic mass is 32.1. The summed E-state index contributed by atoms with van der Waals surface area (Å²) in [6.45, 7) is 0.331. The molecule has 2 N–H and O–H groups in total. The summed E-state index contributed by atoms with van der Waals surface area (Å²) in [7, 11) is 0. The average Bonchev–Trinajstić information content (AvgIpc) is 3.03. The molecular weight excluding hydrogens is 313 g/mol. The van der Waals surface area contributed by atoms with Crippen LogP contribution in [0, 0.1) is 5.82 Å². The number of amides is 1. The smallest absolute Gasteiger partial charge is 0.271 e. The van der Waals surface area contributed by atoms with E-state index in [1.54, 1.807) is 17.5 Å². The molecule has 4 nitrogen and oxygen atoms in total. The lowest BCUT2D eigenvalue weighted by atomic mass is 10.2. The third kappa shape index (κ3) is 4.14. The molecule has 0 saturated heterocycles. The van der Waals surface area contributed by atoms with Crippen LogP contribution in [0.15, 0.2) is 60.0 Å². The topological polar surface area (TPSA) is 54.0 Å². The van der Waals surface area contributed by atoms with Gasteiger partial charge in [0.25, 0.3) is 5.91 Å². The third-order valence-corrected chi connectivity index (χ3v) is 3.89. The molecule has 1 aromatic heterocycles. The van der Waals surface area contributed by atoms with E-state index in [1.807, 2.05) is 30.3 Å². The summed E-state index contributed by atoms with van der Waals surface area (Å²) in [5, 5.41) is 8.27. The van der Waals surface area contributed by atoms with E-state index in [1.165, 1.54) is 23.5 Å². The summed E-state index contributed by atoms with van der Waals surface area (Å²) in [6.07, 6.45) is 0. The monoisotopic (exact) mass is 327 g/mol. The number of nitrogens with zero attached hydrogens (tertiary/aromatic N) is 1. The molecule has 2 aromatic carbocycles. The molecule has 0 aliphatic rings. The van der Waals surface area contributed by atoms with Gasteiger partial charge in [0.1, 0.15) is 11.5 Å². The third-order valence-electron chi connectivity index (χ3n) is 3.13. The van der Waals surface area contributed by atoms with E-state index in [0.717, 1.165) is 11.3 Å². The molecule has 116 valence electrons. The zero-order valence-electron chi connectivity index (χ0n) is 12.1. The fourth-order valence-electron chi connectivity index (χ4n) is 1.96. The molecule has 6 heteroatoms. The molecule has 0 radical (unpaired) electrons.